The Bertz CT molecular complexity index is 1430. The highest BCUT2D eigenvalue weighted by Crippen LogP contribution is 2.34. The molecule has 2 unspecified atom stereocenters. The van der Waals surface area contributed by atoms with Gasteiger partial charge < -0.3 is 29.4 Å². The van der Waals surface area contributed by atoms with Gasteiger partial charge in [-0.25, -0.2) is 4.79 Å². The predicted molar refractivity (Wildman–Crippen MR) is 155 cm³/mol. The summed E-state index contributed by atoms with van der Waals surface area (Å²) >= 11 is 6.45. The van der Waals surface area contributed by atoms with Crippen LogP contribution >= 0.6 is 11.6 Å². The number of aromatic nitrogens is 1. The number of carbonyl (C=O) groups is 1. The number of halogens is 1. The highest BCUT2D eigenvalue weighted by molar-refractivity contribution is 6.34. The van der Waals surface area contributed by atoms with Gasteiger partial charge in [0.2, 0.25) is 0 Å². The number of amides is 1. The number of benzene rings is 2. The van der Waals surface area contributed by atoms with E-state index in [0.717, 1.165) is 33.8 Å². The largest absolute Gasteiger partial charge is 0.497 e. The van der Waals surface area contributed by atoms with Crippen LogP contribution in [-0.2, 0) is 6.42 Å². The van der Waals surface area contributed by atoms with Gasteiger partial charge in [-0.3, -0.25) is 4.90 Å². The van der Waals surface area contributed by atoms with Crippen LogP contribution in [0.5, 0.6) is 17.2 Å². The molecule has 2 heterocycles. The molecule has 1 aliphatic rings. The topological polar surface area (TPSA) is 104 Å². The normalized spacial score (nSPS) is 16.4. The molecule has 40 heavy (non-hydrogen) atoms. The van der Waals surface area contributed by atoms with Gasteiger partial charge in [-0.1, -0.05) is 43.3 Å². The van der Waals surface area contributed by atoms with E-state index in [1.165, 1.54) is 0 Å². The maximum absolute atomic E-state index is 13.5. The zero-order valence-corrected chi connectivity index (χ0v) is 23.5. The number of hydrogen-bond acceptors (Lipinski definition) is 6. The Balaban J connectivity index is 1.67. The van der Waals surface area contributed by atoms with Crippen LogP contribution in [0.3, 0.4) is 0 Å². The van der Waals surface area contributed by atoms with Crippen molar-refractivity contribution in [2.45, 2.75) is 38.3 Å². The summed E-state index contributed by atoms with van der Waals surface area (Å²) in [7, 11) is 1.58. The van der Waals surface area contributed by atoms with E-state index >= 15 is 0 Å². The first-order chi connectivity index (χ1) is 19.3. The van der Waals surface area contributed by atoms with E-state index in [1.807, 2.05) is 43.3 Å². The lowest BCUT2D eigenvalue weighted by Crippen LogP contribution is -2.43. The third-order valence-electron chi connectivity index (χ3n) is 6.76. The molecule has 3 N–H and O–H groups in total. The second-order valence-electron chi connectivity index (χ2n) is 9.48. The molecule has 8 nitrogen and oxygen atoms in total. The Morgan fingerprint density at radius 3 is 2.50 bits per heavy atom. The minimum atomic E-state index is -0.818. The smallest absolute Gasteiger partial charge is 0.416 e. The molecule has 1 aliphatic heterocycles. The number of hydrogen-bond donors (Lipinski definition) is 3. The van der Waals surface area contributed by atoms with Gasteiger partial charge in [-0.2, -0.15) is 0 Å². The number of aliphatic hydroxyl groups excluding tert-OH is 2. The van der Waals surface area contributed by atoms with Crippen LogP contribution in [0, 0.1) is 0 Å². The number of allylic oxidation sites excluding steroid dienone is 2. The van der Waals surface area contributed by atoms with E-state index in [9.17, 15) is 9.90 Å². The standard InChI is InChI=1S/C31H35ClN2O6/c1-4-5-22(32)18-28-20(2)33-29-27(28)14-16-34(31(37)40-26-12-10-24(38-3)11-13-26)30(29)21-6-8-25(9-7-21)39-17-15-23(36)19-35/h5-13,18,23,30,33,35-36H,2,4,14-17,19H2,1,3H3. The van der Waals surface area contributed by atoms with E-state index in [1.54, 1.807) is 36.3 Å². The van der Waals surface area contributed by atoms with Gasteiger partial charge in [-0.05, 0) is 66.4 Å². The van der Waals surface area contributed by atoms with Crippen molar-refractivity contribution in [3.8, 4) is 17.2 Å². The summed E-state index contributed by atoms with van der Waals surface area (Å²) in [6.45, 7) is 6.62. The molecular weight excluding hydrogens is 532 g/mol. The summed E-state index contributed by atoms with van der Waals surface area (Å²) in [5.74, 6) is 1.70. The molecule has 0 saturated carbocycles. The number of methoxy groups -OCH3 is 1. The van der Waals surface area contributed by atoms with Crippen molar-refractivity contribution in [1.82, 2.24) is 9.88 Å². The molecule has 1 aromatic heterocycles. The number of nitrogens with one attached hydrogen (secondary N) is 1. The summed E-state index contributed by atoms with van der Waals surface area (Å²) in [6, 6.07) is 13.9. The fraction of sp³-hybridized carbons (Fsp3) is 0.323. The van der Waals surface area contributed by atoms with Crippen LogP contribution < -0.4 is 24.8 Å². The van der Waals surface area contributed by atoms with E-state index in [4.69, 9.17) is 30.9 Å². The number of aliphatic hydroxyl groups is 2. The van der Waals surface area contributed by atoms with Crippen molar-refractivity contribution in [2.75, 3.05) is 26.9 Å². The van der Waals surface area contributed by atoms with Gasteiger partial charge in [-0.15, -0.1) is 0 Å². The van der Waals surface area contributed by atoms with E-state index in [-0.39, 0.29) is 13.2 Å². The first-order valence-electron chi connectivity index (χ1n) is 13.3. The number of aromatic amines is 1. The maximum atomic E-state index is 13.5. The van der Waals surface area contributed by atoms with Crippen molar-refractivity contribution in [2.24, 2.45) is 0 Å². The van der Waals surface area contributed by atoms with Crippen molar-refractivity contribution in [1.29, 1.82) is 0 Å². The summed E-state index contributed by atoms with van der Waals surface area (Å²) in [6.07, 6.45) is 4.30. The molecule has 1 amide bonds. The molecule has 0 spiro atoms. The quantitative estimate of drug-likeness (QED) is 0.342. The highest BCUT2D eigenvalue weighted by atomic mass is 35.5. The minimum absolute atomic E-state index is 0.266. The zero-order chi connectivity index (χ0) is 28.6. The summed E-state index contributed by atoms with van der Waals surface area (Å²) in [4.78, 5) is 18.6. The molecule has 9 heteroatoms. The van der Waals surface area contributed by atoms with Crippen molar-refractivity contribution >= 4 is 30.3 Å². The molecule has 0 saturated heterocycles. The Kier molecular flexibility index (Phi) is 9.93. The molecule has 212 valence electrons. The molecule has 0 radical (unpaired) electrons. The molecule has 0 fully saturated rings. The second-order valence-corrected chi connectivity index (χ2v) is 9.92. The van der Waals surface area contributed by atoms with Crippen LogP contribution in [0.4, 0.5) is 4.79 Å². The van der Waals surface area contributed by atoms with Crippen LogP contribution in [0.2, 0.25) is 0 Å². The van der Waals surface area contributed by atoms with Crippen LogP contribution in [0.15, 0.2) is 59.6 Å². The van der Waals surface area contributed by atoms with Crippen molar-refractivity contribution in [3.05, 3.63) is 87.0 Å². The van der Waals surface area contributed by atoms with Crippen LogP contribution in [0.1, 0.15) is 42.6 Å². The van der Waals surface area contributed by atoms with Gasteiger partial charge in [0.05, 0.1) is 26.4 Å². The first kappa shape index (κ1) is 29.3. The van der Waals surface area contributed by atoms with E-state index in [2.05, 4.69) is 11.6 Å². The van der Waals surface area contributed by atoms with Crippen molar-refractivity contribution in [3.63, 3.8) is 0 Å². The molecule has 3 aromatic rings. The van der Waals surface area contributed by atoms with Gasteiger partial charge in [0, 0.05) is 34.3 Å². The van der Waals surface area contributed by atoms with Crippen LogP contribution in [0.25, 0.3) is 12.7 Å². The Labute approximate surface area is 238 Å². The SMILES string of the molecule is C=c1[nH]c2c(c1=CC(Cl)=CCC)CCN(C(=O)Oc1ccc(OC)cc1)C2c1ccc(OCCC(O)CO)cc1. The van der Waals surface area contributed by atoms with Gasteiger partial charge >= 0.3 is 6.09 Å². The molecule has 2 aromatic carbocycles. The number of carbonyl (C=O) groups excluding carboxylic acids is 1. The first-order valence-corrected chi connectivity index (χ1v) is 13.6. The predicted octanol–water partition coefficient (Wildman–Crippen LogP) is 4.02. The molecule has 2 atom stereocenters. The number of H-pyrrole nitrogens is 1. The van der Waals surface area contributed by atoms with Crippen molar-refractivity contribution < 1.29 is 29.2 Å². The van der Waals surface area contributed by atoms with Crippen LogP contribution in [-0.4, -0.2) is 59.2 Å². The van der Waals surface area contributed by atoms with E-state index < -0.39 is 18.2 Å². The molecule has 0 aliphatic carbocycles. The summed E-state index contributed by atoms with van der Waals surface area (Å²) < 4.78 is 16.7. The number of fused-ring (bicyclic) bond motifs is 1. The Hall–Kier alpha value is -3.72. The summed E-state index contributed by atoms with van der Waals surface area (Å²) in [5.41, 5.74) is 2.78. The lowest BCUT2D eigenvalue weighted by Gasteiger charge is -2.35. The average Bonchev–Trinajstić information content (AvgIpc) is 3.27. The third kappa shape index (κ3) is 6.88. The fourth-order valence-corrected chi connectivity index (χ4v) is 4.98. The number of rotatable bonds is 10. The maximum Gasteiger partial charge on any atom is 0.416 e. The van der Waals surface area contributed by atoms with Gasteiger partial charge in [0.25, 0.3) is 0 Å². The molecular formula is C31H35ClN2O6. The van der Waals surface area contributed by atoms with E-state index in [0.29, 0.717) is 41.7 Å². The Morgan fingerprint density at radius 1 is 1.18 bits per heavy atom. The number of ether oxygens (including phenoxy) is 3. The molecule has 4 rings (SSSR count). The molecule has 0 bridgehead atoms. The lowest BCUT2D eigenvalue weighted by molar-refractivity contribution is 0.0754. The van der Waals surface area contributed by atoms with Gasteiger partial charge in [0.1, 0.15) is 23.3 Å². The minimum Gasteiger partial charge on any atom is -0.497 e. The Morgan fingerprint density at radius 2 is 1.85 bits per heavy atom. The van der Waals surface area contributed by atoms with Gasteiger partial charge in [0.15, 0.2) is 0 Å². The third-order valence-corrected chi connectivity index (χ3v) is 7.02. The monoisotopic (exact) mass is 566 g/mol. The second kappa shape index (κ2) is 13.6. The highest BCUT2D eigenvalue weighted by Gasteiger charge is 2.35. The number of nitrogens with zero attached hydrogens (tertiary/aromatic N) is 1. The lowest BCUT2D eigenvalue weighted by atomic mass is 9.93. The average molecular weight is 567 g/mol. The fourth-order valence-electron chi connectivity index (χ4n) is 4.72. The summed E-state index contributed by atoms with van der Waals surface area (Å²) in [5, 5.41) is 20.9. The zero-order valence-electron chi connectivity index (χ0n) is 22.7.